The van der Waals surface area contributed by atoms with E-state index in [1.165, 1.54) is 24.3 Å². The van der Waals surface area contributed by atoms with Crippen molar-refractivity contribution in [3.8, 4) is 5.75 Å². The highest BCUT2D eigenvalue weighted by Gasteiger charge is 2.21. The highest BCUT2D eigenvalue weighted by Crippen LogP contribution is 2.18. The lowest BCUT2D eigenvalue weighted by Crippen LogP contribution is -2.39. The van der Waals surface area contributed by atoms with Crippen molar-refractivity contribution in [2.24, 2.45) is 11.1 Å². The van der Waals surface area contributed by atoms with Gasteiger partial charge in [0.1, 0.15) is 5.75 Å². The zero-order chi connectivity index (χ0) is 15.3. The summed E-state index contributed by atoms with van der Waals surface area (Å²) in [5, 5.41) is 0. The summed E-state index contributed by atoms with van der Waals surface area (Å²) in [4.78, 5) is 13.7. The molecule has 1 aromatic rings. The number of benzene rings is 1. The normalized spacial score (nSPS) is 11.6. The van der Waals surface area contributed by atoms with Gasteiger partial charge in [0.05, 0.1) is 0 Å². The monoisotopic (exact) mass is 286 g/mol. The second-order valence-corrected chi connectivity index (χ2v) is 5.43. The maximum atomic E-state index is 12.2. The Kier molecular flexibility index (Phi) is 5.44. The summed E-state index contributed by atoms with van der Waals surface area (Å²) in [6.07, 6.45) is 0. The van der Waals surface area contributed by atoms with Gasteiger partial charge in [0, 0.05) is 19.2 Å². The average Bonchev–Trinajstić information content (AvgIpc) is 2.37. The first kappa shape index (κ1) is 16.4. The molecule has 4 nitrogen and oxygen atoms in total. The van der Waals surface area contributed by atoms with Crippen LogP contribution in [-0.4, -0.2) is 37.6 Å². The number of amides is 1. The van der Waals surface area contributed by atoms with Crippen molar-refractivity contribution < 1.29 is 18.3 Å². The van der Waals surface area contributed by atoms with Gasteiger partial charge in [0.15, 0.2) is 0 Å². The van der Waals surface area contributed by atoms with Crippen molar-refractivity contribution in [1.29, 1.82) is 0 Å². The molecule has 0 bridgehead atoms. The van der Waals surface area contributed by atoms with Crippen LogP contribution in [0.15, 0.2) is 24.3 Å². The number of nitrogens with zero attached hydrogens (tertiary/aromatic N) is 1. The molecule has 6 heteroatoms. The topological polar surface area (TPSA) is 55.6 Å². The molecule has 1 rings (SSSR count). The Balaban J connectivity index is 2.72. The van der Waals surface area contributed by atoms with Gasteiger partial charge in [0.25, 0.3) is 5.91 Å². The molecule has 112 valence electrons. The van der Waals surface area contributed by atoms with E-state index in [9.17, 15) is 13.6 Å². The Bertz CT molecular complexity index is 447. The smallest absolute Gasteiger partial charge is 0.387 e. The minimum absolute atomic E-state index is 0.0292. The van der Waals surface area contributed by atoms with E-state index in [-0.39, 0.29) is 17.1 Å². The van der Waals surface area contributed by atoms with Crippen LogP contribution in [0.25, 0.3) is 0 Å². The molecule has 0 aliphatic carbocycles. The maximum Gasteiger partial charge on any atom is 0.387 e. The molecule has 0 heterocycles. The first-order chi connectivity index (χ1) is 9.25. The molecule has 0 saturated carbocycles. The van der Waals surface area contributed by atoms with Crippen LogP contribution in [0, 0.1) is 5.41 Å². The lowest BCUT2D eigenvalue weighted by atomic mass is 9.93. The Labute approximate surface area is 117 Å². The molecule has 0 unspecified atom stereocenters. The van der Waals surface area contributed by atoms with Crippen LogP contribution in [0.5, 0.6) is 5.75 Å². The van der Waals surface area contributed by atoms with Gasteiger partial charge in [-0.3, -0.25) is 4.79 Å². The molecule has 20 heavy (non-hydrogen) atoms. The van der Waals surface area contributed by atoms with E-state index in [4.69, 9.17) is 5.73 Å². The number of alkyl halides is 2. The quantitative estimate of drug-likeness (QED) is 0.873. The summed E-state index contributed by atoms with van der Waals surface area (Å²) in [7, 11) is 1.68. The van der Waals surface area contributed by atoms with Crippen LogP contribution >= 0.6 is 0 Å². The Morgan fingerprint density at radius 3 is 2.35 bits per heavy atom. The van der Waals surface area contributed by atoms with E-state index in [0.29, 0.717) is 18.7 Å². The number of halogens is 2. The van der Waals surface area contributed by atoms with Gasteiger partial charge in [-0.05, 0) is 36.2 Å². The number of nitrogens with two attached hydrogens (primary N) is 1. The van der Waals surface area contributed by atoms with Gasteiger partial charge in [-0.2, -0.15) is 8.78 Å². The summed E-state index contributed by atoms with van der Waals surface area (Å²) in [6, 6.07) is 5.63. The number of carbonyl (C=O) groups is 1. The molecule has 0 atom stereocenters. The van der Waals surface area contributed by atoms with E-state index >= 15 is 0 Å². The average molecular weight is 286 g/mol. The van der Waals surface area contributed by atoms with Gasteiger partial charge in [0.2, 0.25) is 0 Å². The molecule has 0 fully saturated rings. The summed E-state index contributed by atoms with van der Waals surface area (Å²) in [5.41, 5.74) is 5.88. The van der Waals surface area contributed by atoms with Crippen LogP contribution in [0.4, 0.5) is 8.78 Å². The van der Waals surface area contributed by atoms with Crippen molar-refractivity contribution in [2.45, 2.75) is 20.5 Å². The zero-order valence-corrected chi connectivity index (χ0v) is 11.9. The van der Waals surface area contributed by atoms with Crippen LogP contribution in [0.2, 0.25) is 0 Å². The van der Waals surface area contributed by atoms with Gasteiger partial charge in [-0.25, -0.2) is 0 Å². The third kappa shape index (κ3) is 4.77. The van der Waals surface area contributed by atoms with Gasteiger partial charge in [-0.1, -0.05) is 13.8 Å². The number of rotatable bonds is 6. The van der Waals surface area contributed by atoms with Crippen molar-refractivity contribution in [2.75, 3.05) is 20.1 Å². The minimum atomic E-state index is -2.87. The van der Waals surface area contributed by atoms with Crippen LogP contribution in [-0.2, 0) is 0 Å². The molecule has 0 spiro atoms. The standard InChI is InChI=1S/C14H20F2N2O2/c1-14(2,8-17)9-18(3)12(19)10-4-6-11(7-5-10)20-13(15)16/h4-7,13H,8-9,17H2,1-3H3. The number of hydrogen-bond acceptors (Lipinski definition) is 3. The molecule has 0 radical (unpaired) electrons. The lowest BCUT2D eigenvalue weighted by Gasteiger charge is -2.29. The van der Waals surface area contributed by atoms with E-state index in [0.717, 1.165) is 0 Å². The molecule has 1 aromatic carbocycles. The van der Waals surface area contributed by atoms with Crippen molar-refractivity contribution in [3.05, 3.63) is 29.8 Å². The molecule has 1 amide bonds. The molecule has 0 aliphatic heterocycles. The summed E-state index contributed by atoms with van der Waals surface area (Å²) < 4.78 is 28.3. The zero-order valence-electron chi connectivity index (χ0n) is 11.9. The highest BCUT2D eigenvalue weighted by molar-refractivity contribution is 5.94. The second kappa shape index (κ2) is 6.65. The minimum Gasteiger partial charge on any atom is -0.435 e. The van der Waals surface area contributed by atoms with E-state index in [2.05, 4.69) is 4.74 Å². The summed E-state index contributed by atoms with van der Waals surface area (Å²) in [6.45, 7) is 2.04. The second-order valence-electron chi connectivity index (χ2n) is 5.43. The number of ether oxygens (including phenoxy) is 1. The largest absolute Gasteiger partial charge is 0.435 e. The number of carbonyl (C=O) groups excluding carboxylic acids is 1. The lowest BCUT2D eigenvalue weighted by molar-refractivity contribution is -0.0498. The maximum absolute atomic E-state index is 12.2. The van der Waals surface area contributed by atoms with Gasteiger partial charge in [-0.15, -0.1) is 0 Å². The fourth-order valence-electron chi connectivity index (χ4n) is 1.78. The first-order valence-corrected chi connectivity index (χ1v) is 6.25. The Morgan fingerprint density at radius 1 is 1.35 bits per heavy atom. The first-order valence-electron chi connectivity index (χ1n) is 6.25. The third-order valence-corrected chi connectivity index (χ3v) is 2.89. The summed E-state index contributed by atoms with van der Waals surface area (Å²) in [5.74, 6) is -0.156. The predicted octanol–water partition coefficient (Wildman–Crippen LogP) is 2.34. The SMILES string of the molecule is CN(CC(C)(C)CN)C(=O)c1ccc(OC(F)F)cc1. The Morgan fingerprint density at radius 2 is 1.90 bits per heavy atom. The van der Waals surface area contributed by atoms with E-state index in [1.54, 1.807) is 11.9 Å². The van der Waals surface area contributed by atoms with E-state index in [1.807, 2.05) is 13.8 Å². The molecule has 0 aliphatic rings. The van der Waals surface area contributed by atoms with Gasteiger partial charge < -0.3 is 15.4 Å². The van der Waals surface area contributed by atoms with Crippen molar-refractivity contribution in [1.82, 2.24) is 4.90 Å². The third-order valence-electron chi connectivity index (χ3n) is 2.89. The molecule has 0 saturated heterocycles. The number of hydrogen-bond donors (Lipinski definition) is 1. The Hall–Kier alpha value is -1.69. The molecular weight excluding hydrogens is 266 g/mol. The molecule has 0 aromatic heterocycles. The van der Waals surface area contributed by atoms with Crippen LogP contribution < -0.4 is 10.5 Å². The summed E-state index contributed by atoms with van der Waals surface area (Å²) >= 11 is 0. The predicted molar refractivity (Wildman–Crippen MR) is 72.9 cm³/mol. The molecule has 2 N–H and O–H groups in total. The molecular formula is C14H20F2N2O2. The van der Waals surface area contributed by atoms with Crippen molar-refractivity contribution in [3.63, 3.8) is 0 Å². The fourth-order valence-corrected chi connectivity index (χ4v) is 1.78. The van der Waals surface area contributed by atoms with Crippen LogP contribution in [0.3, 0.4) is 0 Å². The van der Waals surface area contributed by atoms with E-state index < -0.39 is 6.61 Å². The van der Waals surface area contributed by atoms with Crippen molar-refractivity contribution >= 4 is 5.91 Å². The fraction of sp³-hybridized carbons (Fsp3) is 0.500. The van der Waals surface area contributed by atoms with Crippen LogP contribution in [0.1, 0.15) is 24.2 Å². The highest BCUT2D eigenvalue weighted by atomic mass is 19.3. The van der Waals surface area contributed by atoms with Gasteiger partial charge >= 0.3 is 6.61 Å².